The number of carbonyl (C=O) groups excluding carboxylic acids is 1. The molecule has 7 heteroatoms. The molecule has 20 heavy (non-hydrogen) atoms. The standard InChI is InChI=1S/C13H26N2O4S/c1-3-8-20(18,19)15-10(2)13(17)14-9-11-4-6-12(16)7-5-11/h10-12,15-16H,3-9H2,1-2H3,(H,14,17). The fourth-order valence-electron chi connectivity index (χ4n) is 2.40. The third-order valence-electron chi connectivity index (χ3n) is 3.60. The maximum atomic E-state index is 11.8. The highest BCUT2D eigenvalue weighted by molar-refractivity contribution is 7.89. The summed E-state index contributed by atoms with van der Waals surface area (Å²) in [5.41, 5.74) is 0. The molecule has 0 spiro atoms. The number of carbonyl (C=O) groups is 1. The van der Waals surface area contributed by atoms with E-state index in [1.54, 1.807) is 13.8 Å². The molecule has 0 aromatic carbocycles. The smallest absolute Gasteiger partial charge is 0.237 e. The highest BCUT2D eigenvalue weighted by Crippen LogP contribution is 2.23. The van der Waals surface area contributed by atoms with Gasteiger partial charge in [-0.15, -0.1) is 0 Å². The van der Waals surface area contributed by atoms with Crippen molar-refractivity contribution in [1.29, 1.82) is 0 Å². The van der Waals surface area contributed by atoms with Gasteiger partial charge in [-0.3, -0.25) is 4.79 Å². The maximum Gasteiger partial charge on any atom is 0.237 e. The Kier molecular flexibility index (Phi) is 6.91. The first-order valence-electron chi connectivity index (χ1n) is 7.30. The largest absolute Gasteiger partial charge is 0.393 e. The fraction of sp³-hybridized carbons (Fsp3) is 0.923. The summed E-state index contributed by atoms with van der Waals surface area (Å²) in [6.45, 7) is 3.88. The quantitative estimate of drug-likeness (QED) is 0.633. The van der Waals surface area contributed by atoms with Crippen LogP contribution in [0.3, 0.4) is 0 Å². The molecule has 1 aliphatic carbocycles. The first kappa shape index (κ1) is 17.4. The minimum atomic E-state index is -3.37. The molecule has 0 aliphatic heterocycles. The summed E-state index contributed by atoms with van der Waals surface area (Å²) in [7, 11) is -3.37. The Balaban J connectivity index is 2.31. The number of hydrogen-bond acceptors (Lipinski definition) is 4. The summed E-state index contributed by atoms with van der Waals surface area (Å²) in [6.07, 6.45) is 3.67. The van der Waals surface area contributed by atoms with Crippen LogP contribution in [0.5, 0.6) is 0 Å². The predicted molar refractivity (Wildman–Crippen MR) is 77.7 cm³/mol. The number of aliphatic hydroxyl groups is 1. The van der Waals surface area contributed by atoms with Gasteiger partial charge in [0.2, 0.25) is 15.9 Å². The number of aliphatic hydroxyl groups excluding tert-OH is 1. The van der Waals surface area contributed by atoms with Crippen molar-refractivity contribution in [3.05, 3.63) is 0 Å². The molecule has 0 radical (unpaired) electrons. The second kappa shape index (κ2) is 7.95. The van der Waals surface area contributed by atoms with E-state index in [1.165, 1.54) is 0 Å². The van der Waals surface area contributed by atoms with Crippen LogP contribution < -0.4 is 10.0 Å². The molecule has 1 saturated carbocycles. The summed E-state index contributed by atoms with van der Waals surface area (Å²) >= 11 is 0. The van der Waals surface area contributed by atoms with E-state index in [9.17, 15) is 18.3 Å². The highest BCUT2D eigenvalue weighted by atomic mass is 32.2. The Morgan fingerprint density at radius 3 is 2.45 bits per heavy atom. The van der Waals surface area contributed by atoms with E-state index in [1.807, 2.05) is 0 Å². The molecule has 1 amide bonds. The molecule has 0 aromatic rings. The number of hydrogen-bond donors (Lipinski definition) is 3. The van der Waals surface area contributed by atoms with Gasteiger partial charge in [0.15, 0.2) is 0 Å². The van der Waals surface area contributed by atoms with Crippen molar-refractivity contribution in [1.82, 2.24) is 10.0 Å². The summed E-state index contributed by atoms with van der Waals surface area (Å²) in [5.74, 6) is 0.114. The predicted octanol–water partition coefficient (Wildman–Crippen LogP) is 0.372. The van der Waals surface area contributed by atoms with Crippen LogP contribution in [0.25, 0.3) is 0 Å². The Bertz CT molecular complexity index is 403. The molecule has 1 unspecified atom stereocenters. The number of nitrogens with one attached hydrogen (secondary N) is 2. The van der Waals surface area contributed by atoms with Crippen molar-refractivity contribution in [3.8, 4) is 0 Å². The molecule has 0 saturated heterocycles. The van der Waals surface area contributed by atoms with Crippen molar-refractivity contribution in [2.75, 3.05) is 12.3 Å². The van der Waals surface area contributed by atoms with Gasteiger partial charge in [0.05, 0.1) is 17.9 Å². The van der Waals surface area contributed by atoms with Crippen LogP contribution in [0.15, 0.2) is 0 Å². The molecule has 1 atom stereocenters. The molecule has 0 aromatic heterocycles. The molecule has 6 nitrogen and oxygen atoms in total. The van der Waals surface area contributed by atoms with Gasteiger partial charge in [-0.1, -0.05) is 6.92 Å². The molecular weight excluding hydrogens is 280 g/mol. The Labute approximate surface area is 121 Å². The normalized spacial score (nSPS) is 25.1. The second-order valence-electron chi connectivity index (χ2n) is 5.58. The van der Waals surface area contributed by atoms with Crippen molar-refractivity contribution in [2.24, 2.45) is 5.92 Å². The molecule has 0 bridgehead atoms. The van der Waals surface area contributed by atoms with Gasteiger partial charge in [-0.05, 0) is 44.9 Å². The summed E-state index contributed by atoms with van der Waals surface area (Å²) in [5, 5.41) is 12.2. The first-order chi connectivity index (χ1) is 9.34. The maximum absolute atomic E-state index is 11.8. The molecule has 1 aliphatic rings. The lowest BCUT2D eigenvalue weighted by Crippen LogP contribution is -2.46. The molecule has 3 N–H and O–H groups in total. The van der Waals surface area contributed by atoms with Gasteiger partial charge in [0.25, 0.3) is 0 Å². The third kappa shape index (κ3) is 6.19. The van der Waals surface area contributed by atoms with Crippen molar-refractivity contribution in [3.63, 3.8) is 0 Å². The Morgan fingerprint density at radius 1 is 1.30 bits per heavy atom. The third-order valence-corrected chi connectivity index (χ3v) is 5.26. The van der Waals surface area contributed by atoms with Crippen LogP contribution in [0, 0.1) is 5.92 Å². The summed E-state index contributed by atoms with van der Waals surface area (Å²) < 4.78 is 25.5. The molecule has 1 fully saturated rings. The zero-order valence-electron chi connectivity index (χ0n) is 12.3. The molecule has 0 heterocycles. The van der Waals surface area contributed by atoms with Crippen LogP contribution in [-0.2, 0) is 14.8 Å². The Morgan fingerprint density at radius 2 is 1.90 bits per heavy atom. The van der Waals surface area contributed by atoms with Crippen LogP contribution in [0.2, 0.25) is 0 Å². The average molecular weight is 306 g/mol. The second-order valence-corrected chi connectivity index (χ2v) is 7.45. The minimum absolute atomic E-state index is 0.0329. The zero-order valence-corrected chi connectivity index (χ0v) is 13.1. The van der Waals surface area contributed by atoms with Crippen LogP contribution in [0.4, 0.5) is 0 Å². The van der Waals surface area contributed by atoms with Gasteiger partial charge in [-0.25, -0.2) is 13.1 Å². The van der Waals surface area contributed by atoms with Crippen molar-refractivity contribution >= 4 is 15.9 Å². The number of rotatable bonds is 7. The van der Waals surface area contributed by atoms with E-state index in [-0.39, 0.29) is 17.8 Å². The lowest BCUT2D eigenvalue weighted by molar-refractivity contribution is -0.122. The van der Waals surface area contributed by atoms with Crippen molar-refractivity contribution in [2.45, 2.75) is 58.1 Å². The van der Waals surface area contributed by atoms with Gasteiger partial charge in [-0.2, -0.15) is 0 Å². The number of sulfonamides is 1. The van der Waals surface area contributed by atoms with E-state index >= 15 is 0 Å². The lowest BCUT2D eigenvalue weighted by Gasteiger charge is -2.26. The van der Waals surface area contributed by atoms with E-state index in [0.29, 0.717) is 18.9 Å². The van der Waals surface area contributed by atoms with E-state index in [4.69, 9.17) is 0 Å². The number of amides is 1. The van der Waals surface area contributed by atoms with Gasteiger partial charge < -0.3 is 10.4 Å². The average Bonchev–Trinajstić information content (AvgIpc) is 2.37. The highest BCUT2D eigenvalue weighted by Gasteiger charge is 2.22. The monoisotopic (exact) mass is 306 g/mol. The molecule has 118 valence electrons. The van der Waals surface area contributed by atoms with Gasteiger partial charge >= 0.3 is 0 Å². The van der Waals surface area contributed by atoms with Gasteiger partial charge in [0.1, 0.15) is 0 Å². The van der Waals surface area contributed by atoms with Crippen LogP contribution in [-0.4, -0.2) is 43.9 Å². The van der Waals surface area contributed by atoms with Crippen molar-refractivity contribution < 1.29 is 18.3 Å². The summed E-state index contributed by atoms with van der Waals surface area (Å²) in [6, 6.07) is -0.749. The van der Waals surface area contributed by atoms with Crippen LogP contribution >= 0.6 is 0 Å². The summed E-state index contributed by atoms with van der Waals surface area (Å²) in [4.78, 5) is 11.8. The van der Waals surface area contributed by atoms with E-state index < -0.39 is 16.1 Å². The molecule has 1 rings (SSSR count). The van der Waals surface area contributed by atoms with Crippen LogP contribution in [0.1, 0.15) is 46.0 Å². The fourth-order valence-corrected chi connectivity index (χ4v) is 3.70. The van der Waals surface area contributed by atoms with Gasteiger partial charge in [0, 0.05) is 6.54 Å². The lowest BCUT2D eigenvalue weighted by atomic mass is 9.87. The van der Waals surface area contributed by atoms with E-state index in [2.05, 4.69) is 10.0 Å². The van der Waals surface area contributed by atoms with E-state index in [0.717, 1.165) is 25.7 Å². The first-order valence-corrected chi connectivity index (χ1v) is 8.95. The zero-order chi connectivity index (χ0) is 15.2. The molecular formula is C13H26N2O4S. The minimum Gasteiger partial charge on any atom is -0.393 e. The SMILES string of the molecule is CCCS(=O)(=O)NC(C)C(=O)NCC1CCC(O)CC1. The Hall–Kier alpha value is -0.660. The topological polar surface area (TPSA) is 95.5 Å².